The molecule has 118 valence electrons. The molecule has 5 heteroatoms. The van der Waals surface area contributed by atoms with Gasteiger partial charge < -0.3 is 14.8 Å². The number of aromatic carboxylic acids is 1. The molecule has 0 aliphatic heterocycles. The number of carbonyl (C=O) groups is 2. The zero-order chi connectivity index (χ0) is 15.3. The van der Waals surface area contributed by atoms with Crippen LogP contribution < -0.4 is 5.32 Å². The van der Waals surface area contributed by atoms with E-state index in [-0.39, 0.29) is 23.6 Å². The van der Waals surface area contributed by atoms with Crippen LogP contribution in [0.5, 0.6) is 0 Å². The predicted molar refractivity (Wildman–Crippen MR) is 78.1 cm³/mol. The highest BCUT2D eigenvalue weighted by Gasteiger charge is 2.54. The normalized spacial score (nSPS) is 35.5. The quantitative estimate of drug-likeness (QED) is 0.896. The second-order valence-corrected chi connectivity index (χ2v) is 7.45. The maximum absolute atomic E-state index is 12.7. The molecule has 1 aromatic rings. The van der Waals surface area contributed by atoms with Gasteiger partial charge in [-0.15, -0.1) is 0 Å². The Morgan fingerprint density at radius 3 is 2.23 bits per heavy atom. The van der Waals surface area contributed by atoms with Gasteiger partial charge in [0.1, 0.15) is 5.76 Å². The van der Waals surface area contributed by atoms with E-state index in [1.54, 1.807) is 6.07 Å². The number of nitrogens with one attached hydrogen (secondary N) is 1. The summed E-state index contributed by atoms with van der Waals surface area (Å²) in [5.74, 6) is 1.67. The van der Waals surface area contributed by atoms with E-state index < -0.39 is 5.97 Å². The lowest BCUT2D eigenvalue weighted by atomic mass is 9.49. The molecular weight excluding hydrogens is 282 g/mol. The highest BCUT2D eigenvalue weighted by Crippen LogP contribution is 2.60. The van der Waals surface area contributed by atoms with Crippen molar-refractivity contribution in [2.45, 2.75) is 45.1 Å². The van der Waals surface area contributed by atoms with Crippen LogP contribution in [0.3, 0.4) is 0 Å². The monoisotopic (exact) mass is 303 g/mol. The number of hydrogen-bond acceptors (Lipinski definition) is 3. The Morgan fingerprint density at radius 2 is 1.73 bits per heavy atom. The van der Waals surface area contributed by atoms with Gasteiger partial charge >= 0.3 is 5.97 Å². The second kappa shape index (κ2) is 4.86. The fourth-order valence-electron chi connectivity index (χ4n) is 5.33. The molecule has 4 aliphatic rings. The molecule has 22 heavy (non-hydrogen) atoms. The van der Waals surface area contributed by atoms with Gasteiger partial charge in [0, 0.05) is 5.41 Å². The Hall–Kier alpha value is -1.78. The van der Waals surface area contributed by atoms with E-state index in [0.29, 0.717) is 5.76 Å². The largest absolute Gasteiger partial charge is 0.475 e. The summed E-state index contributed by atoms with van der Waals surface area (Å²) in [6.07, 6.45) is 7.03. The van der Waals surface area contributed by atoms with Crippen LogP contribution in [0, 0.1) is 23.2 Å². The third-order valence-electron chi connectivity index (χ3n) is 5.82. The summed E-state index contributed by atoms with van der Waals surface area (Å²) >= 11 is 0. The zero-order valence-corrected chi connectivity index (χ0v) is 12.5. The van der Waals surface area contributed by atoms with Crippen molar-refractivity contribution in [1.29, 1.82) is 0 Å². The van der Waals surface area contributed by atoms with Crippen LogP contribution >= 0.6 is 0 Å². The van der Waals surface area contributed by atoms with Crippen molar-refractivity contribution in [2.75, 3.05) is 0 Å². The molecule has 0 unspecified atom stereocenters. The zero-order valence-electron chi connectivity index (χ0n) is 12.5. The number of carboxylic acid groups (broad SMARTS) is 1. The lowest BCUT2D eigenvalue weighted by Gasteiger charge is -2.55. The molecule has 5 nitrogen and oxygen atoms in total. The molecule has 1 amide bonds. The Balaban J connectivity index is 1.42. The van der Waals surface area contributed by atoms with Gasteiger partial charge in [-0.3, -0.25) is 4.79 Å². The van der Waals surface area contributed by atoms with Gasteiger partial charge in [0.2, 0.25) is 11.7 Å². The van der Waals surface area contributed by atoms with Gasteiger partial charge in [-0.05, 0) is 68.4 Å². The fraction of sp³-hybridized carbons (Fsp3) is 0.647. The Bertz CT molecular complexity index is 583. The van der Waals surface area contributed by atoms with E-state index in [9.17, 15) is 9.59 Å². The lowest BCUT2D eigenvalue weighted by molar-refractivity contribution is -0.146. The summed E-state index contributed by atoms with van der Waals surface area (Å²) in [5.41, 5.74) is -0.170. The van der Waals surface area contributed by atoms with E-state index >= 15 is 0 Å². The maximum Gasteiger partial charge on any atom is 0.371 e. The molecule has 0 atom stereocenters. The molecule has 0 aromatic carbocycles. The van der Waals surface area contributed by atoms with Crippen LogP contribution in [-0.4, -0.2) is 17.0 Å². The van der Waals surface area contributed by atoms with E-state index in [2.05, 4.69) is 5.32 Å². The molecule has 2 N–H and O–H groups in total. The molecule has 1 aromatic heterocycles. The molecular formula is C17H21NO4. The van der Waals surface area contributed by atoms with Crippen LogP contribution in [-0.2, 0) is 11.3 Å². The van der Waals surface area contributed by atoms with Crippen LogP contribution in [0.25, 0.3) is 0 Å². The van der Waals surface area contributed by atoms with E-state index in [4.69, 9.17) is 9.52 Å². The fourth-order valence-corrected chi connectivity index (χ4v) is 5.33. The SMILES string of the molecule is O=C(O)c1ccc(CNC(=O)C23CC4CC(CC(C4)C2)C3)o1. The summed E-state index contributed by atoms with van der Waals surface area (Å²) in [6.45, 7) is 0.272. The molecule has 4 aliphatic carbocycles. The van der Waals surface area contributed by atoms with Gasteiger partial charge in [-0.2, -0.15) is 0 Å². The van der Waals surface area contributed by atoms with E-state index in [1.165, 1.54) is 25.3 Å². The summed E-state index contributed by atoms with van der Waals surface area (Å²) in [4.78, 5) is 23.5. The third kappa shape index (κ3) is 2.23. The third-order valence-corrected chi connectivity index (χ3v) is 5.82. The molecule has 1 heterocycles. The van der Waals surface area contributed by atoms with Gasteiger partial charge in [0.15, 0.2) is 0 Å². The minimum absolute atomic E-state index is 0.0842. The Morgan fingerprint density at radius 1 is 1.14 bits per heavy atom. The highest BCUT2D eigenvalue weighted by atomic mass is 16.4. The van der Waals surface area contributed by atoms with Gasteiger partial charge in [0.25, 0.3) is 0 Å². The highest BCUT2D eigenvalue weighted by molar-refractivity contribution is 5.84. The Kier molecular flexibility index (Phi) is 3.06. The van der Waals surface area contributed by atoms with E-state index in [1.807, 2.05) is 0 Å². The second-order valence-electron chi connectivity index (χ2n) is 7.45. The van der Waals surface area contributed by atoms with Gasteiger partial charge in [-0.25, -0.2) is 4.79 Å². The summed E-state index contributed by atoms with van der Waals surface area (Å²) < 4.78 is 5.20. The van der Waals surface area contributed by atoms with E-state index in [0.717, 1.165) is 37.0 Å². The minimum atomic E-state index is -1.08. The van der Waals surface area contributed by atoms with Crippen molar-refractivity contribution in [2.24, 2.45) is 23.2 Å². The van der Waals surface area contributed by atoms with Gasteiger partial charge in [0.05, 0.1) is 6.54 Å². The average molecular weight is 303 g/mol. The van der Waals surface area contributed by atoms with Gasteiger partial charge in [-0.1, -0.05) is 0 Å². The smallest absolute Gasteiger partial charge is 0.371 e. The van der Waals surface area contributed by atoms with Crippen molar-refractivity contribution in [3.8, 4) is 0 Å². The number of carbonyl (C=O) groups excluding carboxylic acids is 1. The van der Waals surface area contributed by atoms with Crippen LogP contribution in [0.4, 0.5) is 0 Å². The molecule has 0 saturated heterocycles. The summed E-state index contributed by atoms with van der Waals surface area (Å²) in [7, 11) is 0. The molecule has 0 radical (unpaired) electrons. The Labute approximate surface area is 129 Å². The molecule has 4 bridgehead atoms. The average Bonchev–Trinajstić information content (AvgIpc) is 2.92. The number of rotatable bonds is 4. The summed E-state index contributed by atoms with van der Waals surface area (Å²) in [6, 6.07) is 3.04. The first kappa shape index (κ1) is 13.9. The lowest BCUT2D eigenvalue weighted by Crippen LogP contribution is -2.53. The topological polar surface area (TPSA) is 79.5 Å². The first-order chi connectivity index (χ1) is 10.5. The van der Waals surface area contributed by atoms with Crippen molar-refractivity contribution < 1.29 is 19.1 Å². The first-order valence-electron chi connectivity index (χ1n) is 8.14. The number of furan rings is 1. The van der Waals surface area contributed by atoms with Crippen LogP contribution in [0.1, 0.15) is 54.8 Å². The molecule has 0 spiro atoms. The molecule has 4 fully saturated rings. The van der Waals surface area contributed by atoms with Crippen molar-refractivity contribution in [3.05, 3.63) is 23.7 Å². The first-order valence-corrected chi connectivity index (χ1v) is 8.14. The number of hydrogen-bond donors (Lipinski definition) is 2. The van der Waals surface area contributed by atoms with Crippen molar-refractivity contribution >= 4 is 11.9 Å². The van der Waals surface area contributed by atoms with Crippen LogP contribution in [0.2, 0.25) is 0 Å². The maximum atomic E-state index is 12.7. The van der Waals surface area contributed by atoms with Crippen LogP contribution in [0.15, 0.2) is 16.5 Å². The molecule has 4 saturated carbocycles. The minimum Gasteiger partial charge on any atom is -0.475 e. The standard InChI is InChI=1S/C17H21NO4/c19-15(20)14-2-1-13(22-14)9-18-16(21)17-6-10-3-11(7-17)5-12(4-10)8-17/h1-2,10-12H,3-9H2,(H,18,21)(H,19,20). The molecule has 5 rings (SSSR count). The predicted octanol–water partition coefficient (Wildman–Crippen LogP) is 2.81. The number of carboxylic acids is 1. The number of amides is 1. The summed E-state index contributed by atoms with van der Waals surface area (Å²) in [5, 5.41) is 11.8. The van der Waals surface area contributed by atoms with Crippen molar-refractivity contribution in [3.63, 3.8) is 0 Å². The van der Waals surface area contributed by atoms with Crippen molar-refractivity contribution in [1.82, 2.24) is 5.32 Å².